The Balaban J connectivity index is 2.29. The lowest BCUT2D eigenvalue weighted by molar-refractivity contribution is 0.482. The lowest BCUT2D eigenvalue weighted by Gasteiger charge is -2.10. The van der Waals surface area contributed by atoms with Crippen molar-refractivity contribution < 1.29 is 0 Å². The molecule has 0 spiro atoms. The predicted molar refractivity (Wildman–Crippen MR) is 67.6 cm³/mol. The van der Waals surface area contributed by atoms with Gasteiger partial charge in [-0.1, -0.05) is 0 Å². The van der Waals surface area contributed by atoms with E-state index in [1.165, 1.54) is 17.1 Å². The molecule has 0 aliphatic rings. The Morgan fingerprint density at radius 2 is 2.17 bits per heavy atom. The van der Waals surface area contributed by atoms with Crippen LogP contribution in [0, 0.1) is 0 Å². The van der Waals surface area contributed by atoms with Gasteiger partial charge in [0, 0.05) is 19.2 Å². The summed E-state index contributed by atoms with van der Waals surface area (Å²) in [6.45, 7) is 4.35. The molecule has 2 heterocycles. The zero-order valence-electron chi connectivity index (χ0n) is 10.7. The second-order valence-corrected chi connectivity index (χ2v) is 4.20. The van der Waals surface area contributed by atoms with Gasteiger partial charge in [-0.2, -0.15) is 10.2 Å². The molecule has 0 saturated carbocycles. The van der Waals surface area contributed by atoms with Gasteiger partial charge in [0.25, 0.3) is 5.56 Å². The minimum absolute atomic E-state index is 0.167. The molecule has 0 saturated heterocycles. The topological polar surface area (TPSA) is 77.6 Å². The molecule has 1 N–H and O–H groups in total. The molecule has 0 bridgehead atoms. The van der Waals surface area contributed by atoms with Gasteiger partial charge >= 0.3 is 0 Å². The van der Waals surface area contributed by atoms with Crippen LogP contribution < -0.4 is 10.9 Å². The Bertz CT molecular complexity index is 585. The number of hydrogen-bond acceptors (Lipinski definition) is 5. The maximum Gasteiger partial charge on any atom is 0.269 e. The van der Waals surface area contributed by atoms with Crippen molar-refractivity contribution in [3.8, 4) is 0 Å². The highest BCUT2D eigenvalue weighted by molar-refractivity contribution is 5.37. The van der Waals surface area contributed by atoms with E-state index in [2.05, 4.69) is 20.5 Å². The summed E-state index contributed by atoms with van der Waals surface area (Å²) >= 11 is 0. The smallest absolute Gasteiger partial charge is 0.269 e. The van der Waals surface area contributed by atoms with Crippen LogP contribution in [-0.2, 0) is 6.54 Å². The number of nitrogens with zero attached hydrogens (tertiary/aromatic N) is 5. The highest BCUT2D eigenvalue weighted by Gasteiger charge is 2.09. The third kappa shape index (κ3) is 2.39. The first-order valence-corrected chi connectivity index (χ1v) is 5.75. The number of hydrogen-bond donors (Lipinski definition) is 1. The largest absolute Gasteiger partial charge is 0.387 e. The first kappa shape index (κ1) is 12.3. The summed E-state index contributed by atoms with van der Waals surface area (Å²) in [6.07, 6.45) is 3.10. The lowest BCUT2D eigenvalue weighted by Crippen LogP contribution is -2.25. The van der Waals surface area contributed by atoms with Crippen LogP contribution in [0.1, 0.15) is 25.7 Å². The molecule has 0 aromatic carbocycles. The summed E-state index contributed by atoms with van der Waals surface area (Å²) in [6, 6.07) is 1.71. The monoisotopic (exact) mass is 248 g/mol. The van der Waals surface area contributed by atoms with Crippen LogP contribution in [0.25, 0.3) is 0 Å². The molecule has 0 unspecified atom stereocenters. The van der Waals surface area contributed by atoms with Crippen LogP contribution in [0.2, 0.25) is 0 Å². The molecule has 2 rings (SSSR count). The van der Waals surface area contributed by atoms with Gasteiger partial charge in [-0.25, -0.2) is 14.3 Å². The molecule has 7 heteroatoms. The molecule has 7 nitrogen and oxygen atoms in total. The molecule has 0 fully saturated rings. The zero-order valence-corrected chi connectivity index (χ0v) is 10.7. The summed E-state index contributed by atoms with van der Waals surface area (Å²) in [4.78, 5) is 16.0. The molecule has 2 aromatic heterocycles. The van der Waals surface area contributed by atoms with Crippen LogP contribution in [0.15, 0.2) is 23.4 Å². The van der Waals surface area contributed by atoms with Crippen LogP contribution in [0.4, 0.5) is 5.69 Å². The summed E-state index contributed by atoms with van der Waals surface area (Å²) in [7, 11) is 1.75. The second-order valence-electron chi connectivity index (χ2n) is 4.20. The second kappa shape index (κ2) is 4.99. The van der Waals surface area contributed by atoms with Crippen LogP contribution in [-0.4, -0.2) is 31.6 Å². The number of rotatable bonds is 4. The zero-order chi connectivity index (χ0) is 13.1. The highest BCUT2D eigenvalue weighted by atomic mass is 16.1. The van der Waals surface area contributed by atoms with E-state index in [4.69, 9.17) is 0 Å². The van der Waals surface area contributed by atoms with Crippen LogP contribution in [0.5, 0.6) is 0 Å². The van der Waals surface area contributed by atoms with Gasteiger partial charge in [-0.15, -0.1) is 0 Å². The number of anilines is 1. The van der Waals surface area contributed by atoms with Gasteiger partial charge in [-0.3, -0.25) is 4.79 Å². The SMILES string of the molecule is CNc1cnn(Cc2ncnn2C(C)C)c(=O)c1. The van der Waals surface area contributed by atoms with Crippen LogP contribution >= 0.6 is 0 Å². The Morgan fingerprint density at radius 3 is 2.78 bits per heavy atom. The maximum absolute atomic E-state index is 11.8. The van der Waals surface area contributed by atoms with E-state index < -0.39 is 0 Å². The third-order valence-electron chi connectivity index (χ3n) is 2.59. The molecule has 18 heavy (non-hydrogen) atoms. The first-order chi connectivity index (χ1) is 8.61. The van der Waals surface area contributed by atoms with Crippen molar-refractivity contribution in [2.24, 2.45) is 0 Å². The molecule has 2 aromatic rings. The fraction of sp³-hybridized carbons (Fsp3) is 0.455. The Labute approximate surface area is 104 Å². The van der Waals surface area contributed by atoms with Gasteiger partial charge in [0.2, 0.25) is 0 Å². The van der Waals surface area contributed by atoms with E-state index >= 15 is 0 Å². The molecule has 0 aliphatic carbocycles. The van der Waals surface area contributed by atoms with E-state index in [0.29, 0.717) is 12.2 Å². The van der Waals surface area contributed by atoms with Crippen molar-refractivity contribution in [3.63, 3.8) is 0 Å². The summed E-state index contributed by atoms with van der Waals surface area (Å²) in [5.41, 5.74) is 0.529. The fourth-order valence-electron chi connectivity index (χ4n) is 1.64. The molecular weight excluding hydrogens is 232 g/mol. The minimum Gasteiger partial charge on any atom is -0.387 e. The molecule has 0 aliphatic heterocycles. The minimum atomic E-state index is -0.167. The Morgan fingerprint density at radius 1 is 1.39 bits per heavy atom. The quantitative estimate of drug-likeness (QED) is 0.852. The lowest BCUT2D eigenvalue weighted by atomic mass is 10.4. The number of aromatic nitrogens is 5. The van der Waals surface area contributed by atoms with E-state index in [1.807, 2.05) is 13.8 Å². The van der Waals surface area contributed by atoms with Gasteiger partial charge < -0.3 is 5.32 Å². The van der Waals surface area contributed by atoms with Gasteiger partial charge in [0.05, 0.1) is 11.9 Å². The Kier molecular flexibility index (Phi) is 3.40. The normalized spacial score (nSPS) is 10.9. The highest BCUT2D eigenvalue weighted by Crippen LogP contribution is 2.06. The fourth-order valence-corrected chi connectivity index (χ4v) is 1.64. The molecular formula is C11H16N6O. The summed E-state index contributed by atoms with van der Waals surface area (Å²) in [5.74, 6) is 0.719. The van der Waals surface area contributed by atoms with Crippen molar-refractivity contribution in [1.82, 2.24) is 24.5 Å². The maximum atomic E-state index is 11.8. The average molecular weight is 248 g/mol. The van der Waals surface area contributed by atoms with Crippen molar-refractivity contribution in [3.05, 3.63) is 34.8 Å². The summed E-state index contributed by atoms with van der Waals surface area (Å²) in [5, 5.41) is 11.1. The third-order valence-corrected chi connectivity index (χ3v) is 2.59. The van der Waals surface area contributed by atoms with Crippen LogP contribution in [0.3, 0.4) is 0 Å². The Hall–Kier alpha value is -2.18. The first-order valence-electron chi connectivity index (χ1n) is 5.75. The summed E-state index contributed by atoms with van der Waals surface area (Å²) < 4.78 is 3.14. The average Bonchev–Trinajstić information content (AvgIpc) is 2.80. The van der Waals surface area contributed by atoms with E-state index in [-0.39, 0.29) is 11.6 Å². The standard InChI is InChI=1S/C11H16N6O/c1-8(2)17-10(13-7-15-17)6-16-11(18)4-9(12-3)5-14-16/h4-5,7-8,12H,6H2,1-3H3. The van der Waals surface area contributed by atoms with Gasteiger partial charge in [-0.05, 0) is 13.8 Å². The van der Waals surface area contributed by atoms with Crippen molar-refractivity contribution in [1.29, 1.82) is 0 Å². The van der Waals surface area contributed by atoms with Crippen molar-refractivity contribution in [2.75, 3.05) is 12.4 Å². The van der Waals surface area contributed by atoms with Crippen molar-refractivity contribution >= 4 is 5.69 Å². The van der Waals surface area contributed by atoms with Crippen molar-refractivity contribution in [2.45, 2.75) is 26.4 Å². The van der Waals surface area contributed by atoms with Gasteiger partial charge in [0.1, 0.15) is 18.7 Å². The predicted octanol–water partition coefficient (Wildman–Crippen LogP) is 0.506. The number of nitrogens with one attached hydrogen (secondary N) is 1. The van der Waals surface area contributed by atoms with E-state index in [0.717, 1.165) is 5.82 Å². The molecule has 0 radical (unpaired) electrons. The van der Waals surface area contributed by atoms with E-state index in [1.54, 1.807) is 17.9 Å². The van der Waals surface area contributed by atoms with Gasteiger partial charge in [0.15, 0.2) is 0 Å². The molecule has 96 valence electrons. The molecule has 0 atom stereocenters. The molecule has 0 amide bonds. The van der Waals surface area contributed by atoms with E-state index in [9.17, 15) is 4.79 Å².